The third-order valence-corrected chi connectivity index (χ3v) is 6.63. The van der Waals surface area contributed by atoms with Gasteiger partial charge in [0, 0.05) is 27.5 Å². The van der Waals surface area contributed by atoms with Crippen LogP contribution in [-0.2, 0) is 0 Å². The number of aromatic nitrogens is 3. The molecule has 0 spiro atoms. The highest BCUT2D eigenvalue weighted by molar-refractivity contribution is 6.11. The number of hydrogen-bond donors (Lipinski definition) is 0. The minimum atomic E-state index is -0.962. The fourth-order valence-electron chi connectivity index (χ4n) is 4.62. The van der Waals surface area contributed by atoms with Gasteiger partial charge in [0.1, 0.15) is 11.2 Å². The summed E-state index contributed by atoms with van der Waals surface area (Å²) < 4.78 is 224. The van der Waals surface area contributed by atoms with Crippen molar-refractivity contribution >= 4 is 43.5 Å². The smallest absolute Gasteiger partial charge is 0.164 e. The summed E-state index contributed by atoms with van der Waals surface area (Å²) in [5.41, 5.74) is -4.65. The van der Waals surface area contributed by atoms with Crippen molar-refractivity contribution < 1.29 is 38.7 Å². The van der Waals surface area contributed by atoms with E-state index in [-0.39, 0.29) is 0 Å². The maximum absolute atomic E-state index is 9.55. The van der Waals surface area contributed by atoms with Gasteiger partial charge in [-0.1, -0.05) is 121 Å². The van der Waals surface area contributed by atoms with Gasteiger partial charge in [-0.05, 0) is 62.9 Å². The Morgan fingerprint density at radius 2 is 0.978 bits per heavy atom. The molecule has 0 saturated carbocycles. The van der Waals surface area contributed by atoms with Crippen LogP contribution in [0.5, 0.6) is 0 Å². The second-order valence-electron chi connectivity index (χ2n) is 9.32. The van der Waals surface area contributed by atoms with Crippen LogP contribution in [0.15, 0.2) is 155 Å². The number of rotatable bonds is 4. The first-order chi connectivity index (χ1) is 32.7. The van der Waals surface area contributed by atoms with E-state index < -0.39 is 240 Å². The molecule has 0 aliphatic rings. The van der Waals surface area contributed by atoms with Crippen molar-refractivity contribution in [2.24, 2.45) is 0 Å². The molecule has 2 aromatic heterocycles. The molecule has 0 radical (unpaired) electrons. The molecule has 0 atom stereocenters. The van der Waals surface area contributed by atoms with Crippen molar-refractivity contribution in [1.29, 1.82) is 0 Å². The fourth-order valence-corrected chi connectivity index (χ4v) is 4.62. The van der Waals surface area contributed by atoms with Gasteiger partial charge in [-0.15, -0.1) is 0 Å². The third kappa shape index (κ3) is 4.43. The van der Waals surface area contributed by atoms with E-state index in [1.165, 1.54) is 0 Å². The van der Waals surface area contributed by atoms with E-state index in [0.717, 1.165) is 0 Å². The number of fused-ring (bicyclic) bond motifs is 5. The summed E-state index contributed by atoms with van der Waals surface area (Å²) in [7, 11) is 0. The number of furan rings is 1. The van der Waals surface area contributed by atoms with E-state index in [4.69, 9.17) is 31.8 Å². The highest BCUT2D eigenvalue weighted by Gasteiger charge is 2.18. The van der Waals surface area contributed by atoms with Gasteiger partial charge in [0.2, 0.25) is 0 Å². The highest BCUT2D eigenvalue weighted by atomic mass is 16.3. The summed E-state index contributed by atoms with van der Waals surface area (Å²) in [6.07, 6.45) is 0. The van der Waals surface area contributed by atoms with E-state index in [0.29, 0.717) is 0 Å². The summed E-state index contributed by atoms with van der Waals surface area (Å²) in [6, 6.07) is -21.1. The van der Waals surface area contributed by atoms with Crippen LogP contribution in [0.4, 0.5) is 0 Å². The zero-order valence-corrected chi connectivity index (χ0v) is 22.2. The molecule has 0 saturated heterocycles. The predicted octanol–water partition coefficient (Wildman–Crippen LogP) is 10.7. The quantitative estimate of drug-likeness (QED) is 0.202. The van der Waals surface area contributed by atoms with Gasteiger partial charge in [-0.3, -0.25) is 0 Å². The van der Waals surface area contributed by atoms with E-state index in [1.54, 1.807) is 0 Å². The lowest BCUT2D eigenvalue weighted by Gasteiger charge is -2.11. The Kier molecular flexibility index (Phi) is 2.46. The molecule has 9 aromatic rings. The first-order valence-electron chi connectivity index (χ1n) is 25.5. The maximum atomic E-state index is 9.55. The Morgan fingerprint density at radius 3 is 1.78 bits per heavy atom. The monoisotopic (exact) mass is 600 g/mol. The van der Waals surface area contributed by atoms with Crippen LogP contribution in [0.25, 0.3) is 88.8 Å². The van der Waals surface area contributed by atoms with Crippen molar-refractivity contribution in [2.75, 3.05) is 0 Å². The summed E-state index contributed by atoms with van der Waals surface area (Å²) in [5.74, 6) is -2.49. The molecule has 0 aliphatic heterocycles. The van der Waals surface area contributed by atoms with Gasteiger partial charge in [-0.25, -0.2) is 15.0 Å². The first-order valence-corrected chi connectivity index (χ1v) is 13.0. The molecule has 4 nitrogen and oxygen atoms in total. The Hall–Kier alpha value is -6.13. The summed E-state index contributed by atoms with van der Waals surface area (Å²) in [6.45, 7) is 0. The van der Waals surface area contributed by atoms with Crippen molar-refractivity contribution in [3.8, 4) is 45.3 Å². The summed E-state index contributed by atoms with van der Waals surface area (Å²) in [4.78, 5) is 13.2. The van der Waals surface area contributed by atoms with Gasteiger partial charge >= 0.3 is 0 Å². The normalized spacial score (nSPS) is 19.3. The van der Waals surface area contributed by atoms with E-state index >= 15 is 0 Å². The second kappa shape index (κ2) is 10.2. The molecule has 0 N–H and O–H groups in total. The van der Waals surface area contributed by atoms with Crippen LogP contribution in [0, 0.1) is 0 Å². The SMILES string of the molecule is [2H]c1c([2H])c([2H])c(-c2c([2H])c([2H])c3c([2H])c([2H])c(-c4nc(-c5c([2H])c([2H])c6c([2H])c([2H])c([2H])c([2H])c6c5[2H])nc(-c5c([2H])c([2H])c([2H])c6oc7c([2H])c([2H])c([2H])c([2H])c7c56)n4)c([2H])c3c2[2H])c([2H])c1[2H]. The van der Waals surface area contributed by atoms with Crippen molar-refractivity contribution in [3.63, 3.8) is 0 Å². The maximum Gasteiger partial charge on any atom is 0.164 e. The van der Waals surface area contributed by atoms with Crippen molar-refractivity contribution in [3.05, 3.63) is 151 Å². The van der Waals surface area contributed by atoms with Crippen LogP contribution in [0.2, 0.25) is 0 Å². The Morgan fingerprint density at radius 1 is 0.400 bits per heavy atom. The van der Waals surface area contributed by atoms with Crippen molar-refractivity contribution in [1.82, 2.24) is 15.0 Å². The first kappa shape index (κ1) is 10.8. The lowest BCUT2D eigenvalue weighted by molar-refractivity contribution is 0.669. The lowest BCUT2D eigenvalue weighted by atomic mass is 9.99. The van der Waals surface area contributed by atoms with E-state index in [9.17, 15) is 6.85 Å². The predicted molar refractivity (Wildman–Crippen MR) is 184 cm³/mol. The minimum Gasteiger partial charge on any atom is -0.456 e. The number of benzene rings is 7. The molecule has 4 heteroatoms. The average molecular weight is 601 g/mol. The molecular weight excluding hydrogens is 550 g/mol. The Labute approximate surface area is 294 Å². The van der Waals surface area contributed by atoms with E-state index in [1.807, 2.05) is 0 Å². The molecule has 7 aromatic carbocycles. The largest absolute Gasteiger partial charge is 0.456 e. The Balaban J connectivity index is 1.50. The van der Waals surface area contributed by atoms with Gasteiger partial charge in [0.15, 0.2) is 17.5 Å². The van der Waals surface area contributed by atoms with Crippen LogP contribution in [-0.4, -0.2) is 15.0 Å². The van der Waals surface area contributed by atoms with Gasteiger partial charge in [0.05, 0.1) is 34.3 Å². The van der Waals surface area contributed by atoms with Crippen molar-refractivity contribution in [2.45, 2.75) is 0 Å². The molecule has 210 valence electrons. The van der Waals surface area contributed by atoms with Gasteiger partial charge in [0.25, 0.3) is 0 Å². The zero-order chi connectivity index (χ0) is 51.5. The van der Waals surface area contributed by atoms with Crippen LogP contribution >= 0.6 is 0 Å². The zero-order valence-electron chi connectivity index (χ0n) is 47.2. The molecule has 45 heavy (non-hydrogen) atoms. The lowest BCUT2D eigenvalue weighted by Crippen LogP contribution is -2.00. The molecular formula is C41H25N3O. The molecule has 0 aliphatic carbocycles. The topological polar surface area (TPSA) is 51.8 Å². The molecule has 9 rings (SSSR count). The molecule has 0 amide bonds. The average Bonchev–Trinajstić information content (AvgIpc) is 3.72. The standard InChI is InChI=1S/C41H25N3O/c1-2-9-26(10-3-1)30-20-17-28-19-22-32(25-33(28)24-30)40-42-39(31-21-18-27-11-4-5-12-29(27)23-31)43-41(44-40)35-14-8-16-37-38(35)34-13-6-7-15-36(34)45-37/h1-25H/i1D,2D,3D,4D,5D,6D,7D,8D,9D,10D,11D,12D,13D,14D,15D,16D,17D,18D,19D,20D,21D,22D,23D,24D,25D. The third-order valence-electron chi connectivity index (χ3n) is 6.63. The fraction of sp³-hybridized carbons (Fsp3) is 0. The molecule has 0 fully saturated rings. The Bertz CT molecular complexity index is 3940. The number of nitrogens with zero attached hydrogens (tertiary/aromatic N) is 3. The van der Waals surface area contributed by atoms with E-state index in [2.05, 4.69) is 15.0 Å². The number of hydrogen-bond acceptors (Lipinski definition) is 4. The summed E-state index contributed by atoms with van der Waals surface area (Å²) >= 11 is 0. The minimum absolute atomic E-state index is 0.422. The van der Waals surface area contributed by atoms with Gasteiger partial charge in [-0.2, -0.15) is 0 Å². The van der Waals surface area contributed by atoms with Crippen LogP contribution in [0.3, 0.4) is 0 Å². The molecule has 2 heterocycles. The van der Waals surface area contributed by atoms with Crippen LogP contribution < -0.4 is 0 Å². The summed E-state index contributed by atoms with van der Waals surface area (Å²) in [5, 5.41) is -3.29. The van der Waals surface area contributed by atoms with Gasteiger partial charge < -0.3 is 4.42 Å². The number of para-hydroxylation sites is 1. The molecule has 0 bridgehead atoms. The highest BCUT2D eigenvalue weighted by Crippen LogP contribution is 2.37. The second-order valence-corrected chi connectivity index (χ2v) is 9.32. The molecule has 0 unspecified atom stereocenters. The van der Waals surface area contributed by atoms with Crippen LogP contribution in [0.1, 0.15) is 34.3 Å².